The number of carbonyl (C=O) groups is 2. The summed E-state index contributed by atoms with van der Waals surface area (Å²) in [5.41, 5.74) is 2.28. The maximum atomic E-state index is 13.1. The van der Waals surface area contributed by atoms with Crippen LogP contribution in [0.4, 0.5) is 5.69 Å². The van der Waals surface area contributed by atoms with Gasteiger partial charge in [0.15, 0.2) is 11.5 Å². The second kappa shape index (κ2) is 12.0. The van der Waals surface area contributed by atoms with Gasteiger partial charge in [0.1, 0.15) is 6.61 Å². The number of piperazine rings is 1. The highest BCUT2D eigenvalue weighted by Crippen LogP contribution is 2.30. The summed E-state index contributed by atoms with van der Waals surface area (Å²) in [4.78, 5) is 33.4. The van der Waals surface area contributed by atoms with Crippen LogP contribution < -0.4 is 14.8 Å². The van der Waals surface area contributed by atoms with Crippen molar-refractivity contribution in [3.05, 3.63) is 84.2 Å². The number of hydrogen-bond donors (Lipinski definition) is 1. The average molecular weight is 475 g/mol. The number of ether oxygens (including phenoxy) is 2. The van der Waals surface area contributed by atoms with Gasteiger partial charge in [-0.1, -0.05) is 24.3 Å². The second-order valence-electron chi connectivity index (χ2n) is 8.23. The van der Waals surface area contributed by atoms with Crippen molar-refractivity contribution in [2.24, 2.45) is 0 Å². The predicted molar refractivity (Wildman–Crippen MR) is 134 cm³/mol. The summed E-state index contributed by atoms with van der Waals surface area (Å²) in [7, 11) is 0. The number of aromatic nitrogens is 1. The third kappa shape index (κ3) is 6.80. The number of amides is 2. The van der Waals surface area contributed by atoms with Crippen LogP contribution in [0.15, 0.2) is 73.1 Å². The van der Waals surface area contributed by atoms with E-state index in [-0.39, 0.29) is 11.8 Å². The summed E-state index contributed by atoms with van der Waals surface area (Å²) in [6, 6.07) is 18.5. The number of para-hydroxylation sites is 1. The molecule has 0 saturated carbocycles. The van der Waals surface area contributed by atoms with Crippen molar-refractivity contribution in [1.29, 1.82) is 0 Å². The molecule has 1 aliphatic rings. The topological polar surface area (TPSA) is 84.0 Å². The Labute approximate surface area is 205 Å². The van der Waals surface area contributed by atoms with Crippen molar-refractivity contribution in [1.82, 2.24) is 14.8 Å². The fraction of sp³-hybridized carbons (Fsp3) is 0.296. The van der Waals surface area contributed by atoms with Gasteiger partial charge in [0.2, 0.25) is 5.91 Å². The quantitative estimate of drug-likeness (QED) is 0.511. The van der Waals surface area contributed by atoms with E-state index in [0.29, 0.717) is 63.0 Å². The molecule has 0 aliphatic carbocycles. The summed E-state index contributed by atoms with van der Waals surface area (Å²) >= 11 is 0. The minimum atomic E-state index is -0.0573. The van der Waals surface area contributed by atoms with Crippen LogP contribution in [0, 0.1) is 0 Å². The maximum Gasteiger partial charge on any atom is 0.254 e. The lowest BCUT2D eigenvalue weighted by molar-refractivity contribution is -0.117. The number of nitrogens with one attached hydrogen (secondary N) is 1. The van der Waals surface area contributed by atoms with Crippen LogP contribution in [0.2, 0.25) is 0 Å². The monoisotopic (exact) mass is 474 g/mol. The van der Waals surface area contributed by atoms with Crippen molar-refractivity contribution in [3.8, 4) is 11.5 Å². The van der Waals surface area contributed by atoms with Gasteiger partial charge >= 0.3 is 0 Å². The van der Waals surface area contributed by atoms with Gasteiger partial charge in [0, 0.05) is 55.4 Å². The number of hydrogen-bond acceptors (Lipinski definition) is 6. The number of pyridine rings is 1. The van der Waals surface area contributed by atoms with Gasteiger partial charge in [-0.15, -0.1) is 0 Å². The van der Waals surface area contributed by atoms with E-state index < -0.39 is 0 Å². The molecule has 0 unspecified atom stereocenters. The van der Waals surface area contributed by atoms with Crippen molar-refractivity contribution in [2.75, 3.05) is 44.6 Å². The summed E-state index contributed by atoms with van der Waals surface area (Å²) < 4.78 is 11.7. The van der Waals surface area contributed by atoms with Crippen molar-refractivity contribution >= 4 is 17.5 Å². The van der Waals surface area contributed by atoms with Crippen LogP contribution in [-0.4, -0.2) is 65.9 Å². The molecule has 1 fully saturated rings. The fourth-order valence-corrected chi connectivity index (χ4v) is 3.89. The summed E-state index contributed by atoms with van der Waals surface area (Å²) in [5, 5.41) is 2.90. The van der Waals surface area contributed by atoms with Gasteiger partial charge in [-0.3, -0.25) is 19.5 Å². The Morgan fingerprint density at radius 1 is 0.943 bits per heavy atom. The second-order valence-corrected chi connectivity index (χ2v) is 8.23. The van der Waals surface area contributed by atoms with Gasteiger partial charge < -0.3 is 19.7 Å². The Morgan fingerprint density at radius 2 is 1.74 bits per heavy atom. The third-order valence-electron chi connectivity index (χ3n) is 5.69. The fourth-order valence-electron chi connectivity index (χ4n) is 3.89. The highest BCUT2D eigenvalue weighted by atomic mass is 16.5. The molecule has 2 aromatic carbocycles. The summed E-state index contributed by atoms with van der Waals surface area (Å²) in [5.74, 6) is 1.01. The molecule has 8 heteroatoms. The molecule has 2 amide bonds. The van der Waals surface area contributed by atoms with E-state index in [0.717, 1.165) is 11.3 Å². The van der Waals surface area contributed by atoms with Crippen LogP contribution in [0.1, 0.15) is 22.8 Å². The standard InChI is InChI=1S/C27H30N4O4/c1-2-34-25-17-22(10-11-24(25)35-20-21-7-6-12-28-18-21)27(33)31-15-13-30(14-16-31)19-26(32)29-23-8-4-3-5-9-23/h3-12,17-18H,2,13-16,19-20H2,1H3,(H,29,32). The van der Waals surface area contributed by atoms with Crippen molar-refractivity contribution in [2.45, 2.75) is 13.5 Å². The van der Waals surface area contributed by atoms with E-state index in [1.54, 1.807) is 30.6 Å². The van der Waals surface area contributed by atoms with Crippen LogP contribution >= 0.6 is 0 Å². The van der Waals surface area contributed by atoms with Crippen molar-refractivity contribution in [3.63, 3.8) is 0 Å². The molecule has 0 atom stereocenters. The largest absolute Gasteiger partial charge is 0.490 e. The van der Waals surface area contributed by atoms with Crippen LogP contribution in [0.3, 0.4) is 0 Å². The molecule has 3 aromatic rings. The molecule has 1 saturated heterocycles. The number of anilines is 1. The van der Waals surface area contributed by atoms with E-state index in [9.17, 15) is 9.59 Å². The highest BCUT2D eigenvalue weighted by molar-refractivity contribution is 5.95. The van der Waals surface area contributed by atoms with Gasteiger partial charge in [-0.25, -0.2) is 0 Å². The van der Waals surface area contributed by atoms with E-state index in [2.05, 4.69) is 15.2 Å². The van der Waals surface area contributed by atoms with Crippen LogP contribution in [0.5, 0.6) is 11.5 Å². The number of rotatable bonds is 9. The molecule has 182 valence electrons. The normalized spacial score (nSPS) is 13.8. The van der Waals surface area contributed by atoms with Gasteiger partial charge in [-0.05, 0) is 43.3 Å². The van der Waals surface area contributed by atoms with Gasteiger partial charge in [-0.2, -0.15) is 0 Å². The van der Waals surface area contributed by atoms with Gasteiger partial charge in [0.05, 0.1) is 13.2 Å². The molecule has 0 radical (unpaired) electrons. The average Bonchev–Trinajstić information content (AvgIpc) is 2.89. The maximum absolute atomic E-state index is 13.1. The lowest BCUT2D eigenvalue weighted by Gasteiger charge is -2.34. The van der Waals surface area contributed by atoms with E-state index in [1.807, 2.05) is 54.3 Å². The molecule has 8 nitrogen and oxygen atoms in total. The zero-order valence-corrected chi connectivity index (χ0v) is 19.9. The van der Waals surface area contributed by atoms with E-state index in [1.165, 1.54) is 0 Å². The Morgan fingerprint density at radius 3 is 2.46 bits per heavy atom. The lowest BCUT2D eigenvalue weighted by Crippen LogP contribution is -2.50. The molecular formula is C27H30N4O4. The Bertz CT molecular complexity index is 1120. The zero-order chi connectivity index (χ0) is 24.5. The first kappa shape index (κ1) is 24.2. The van der Waals surface area contributed by atoms with E-state index >= 15 is 0 Å². The first-order valence-electron chi connectivity index (χ1n) is 11.8. The smallest absolute Gasteiger partial charge is 0.254 e. The summed E-state index contributed by atoms with van der Waals surface area (Å²) in [6.07, 6.45) is 3.47. The zero-order valence-electron chi connectivity index (χ0n) is 19.9. The first-order chi connectivity index (χ1) is 17.1. The third-order valence-corrected chi connectivity index (χ3v) is 5.69. The molecule has 0 bridgehead atoms. The minimum absolute atomic E-state index is 0.0563. The highest BCUT2D eigenvalue weighted by Gasteiger charge is 2.24. The Hall–Kier alpha value is -3.91. The van der Waals surface area contributed by atoms with Crippen molar-refractivity contribution < 1.29 is 19.1 Å². The summed E-state index contributed by atoms with van der Waals surface area (Å²) in [6.45, 7) is 5.41. The van der Waals surface area contributed by atoms with Crippen LogP contribution in [-0.2, 0) is 11.4 Å². The SMILES string of the molecule is CCOc1cc(C(=O)N2CCN(CC(=O)Nc3ccccc3)CC2)ccc1OCc1cccnc1. The number of nitrogens with zero attached hydrogens (tertiary/aromatic N) is 3. The Balaban J connectivity index is 1.31. The molecule has 1 aromatic heterocycles. The number of carbonyl (C=O) groups excluding carboxylic acids is 2. The molecule has 35 heavy (non-hydrogen) atoms. The minimum Gasteiger partial charge on any atom is -0.490 e. The molecule has 2 heterocycles. The Kier molecular flexibility index (Phi) is 8.30. The predicted octanol–water partition coefficient (Wildman–Crippen LogP) is 3.46. The number of benzene rings is 2. The molecular weight excluding hydrogens is 444 g/mol. The molecule has 4 rings (SSSR count). The van der Waals surface area contributed by atoms with Crippen LogP contribution in [0.25, 0.3) is 0 Å². The molecule has 1 N–H and O–H groups in total. The van der Waals surface area contributed by atoms with Gasteiger partial charge in [0.25, 0.3) is 5.91 Å². The molecule has 0 spiro atoms. The first-order valence-corrected chi connectivity index (χ1v) is 11.8. The van der Waals surface area contributed by atoms with E-state index in [4.69, 9.17) is 9.47 Å². The molecule has 1 aliphatic heterocycles. The lowest BCUT2D eigenvalue weighted by atomic mass is 10.1.